The van der Waals surface area contributed by atoms with Gasteiger partial charge in [-0.1, -0.05) is 36.4 Å². The average molecular weight is 742 g/mol. The lowest BCUT2D eigenvalue weighted by atomic mass is 9.81. The van der Waals surface area contributed by atoms with Crippen LogP contribution in [0.4, 0.5) is 22.4 Å². The fourth-order valence-electron chi connectivity index (χ4n) is 6.80. The van der Waals surface area contributed by atoms with Gasteiger partial charge >= 0.3 is 6.09 Å². The van der Waals surface area contributed by atoms with E-state index >= 15 is 4.39 Å². The minimum absolute atomic E-state index is 0.00598. The molecule has 9 nitrogen and oxygen atoms in total. The fraction of sp³-hybridized carbons (Fsp3) is 0.316. The molecule has 1 amide bonds. The molecule has 2 N–H and O–H groups in total. The predicted octanol–water partition coefficient (Wildman–Crippen LogP) is 5.90. The molecule has 276 valence electrons. The topological polar surface area (TPSA) is 114 Å². The van der Waals surface area contributed by atoms with Crippen LogP contribution in [0.5, 0.6) is 5.75 Å². The number of nitrogens with one attached hydrogen (secondary N) is 2. The Morgan fingerprint density at radius 2 is 1.58 bits per heavy atom. The number of rotatable bonds is 13. The molecular formula is C38H39F4N3O6S. The van der Waals surface area contributed by atoms with E-state index in [1.165, 1.54) is 41.7 Å². The van der Waals surface area contributed by atoms with Crippen molar-refractivity contribution in [2.45, 2.75) is 55.1 Å². The number of halogens is 4. The Kier molecular flexibility index (Phi) is 12.3. The SMILES string of the molecule is COC(=O)N[C@H](C(=O)Cc1cccc(F)c1CC[C@H]1CNC[C@H](C)N1S(=O)(=O)c1ccccc1OC)[C@@H](c1ccc(F)cc1)c1cc(F)cc(F)c1. The minimum atomic E-state index is -4.05. The molecule has 4 atom stereocenters. The number of benzene rings is 4. The first-order valence-corrected chi connectivity index (χ1v) is 18.0. The van der Waals surface area contributed by atoms with Crippen molar-refractivity contribution in [1.82, 2.24) is 14.9 Å². The van der Waals surface area contributed by atoms with Gasteiger partial charge in [0.05, 0.1) is 14.2 Å². The molecule has 4 aromatic rings. The smallest absolute Gasteiger partial charge is 0.407 e. The van der Waals surface area contributed by atoms with Gasteiger partial charge in [-0.3, -0.25) is 4.79 Å². The van der Waals surface area contributed by atoms with Crippen LogP contribution in [0.2, 0.25) is 0 Å². The maximum Gasteiger partial charge on any atom is 0.407 e. The zero-order valence-electron chi connectivity index (χ0n) is 28.7. The number of ether oxygens (including phenoxy) is 2. The van der Waals surface area contributed by atoms with Gasteiger partial charge in [-0.05, 0) is 84.5 Å². The van der Waals surface area contributed by atoms with Gasteiger partial charge < -0.3 is 20.1 Å². The molecule has 0 aliphatic carbocycles. The molecule has 1 aliphatic heterocycles. The second-order valence-corrected chi connectivity index (χ2v) is 14.4. The van der Waals surface area contributed by atoms with Gasteiger partial charge in [-0.2, -0.15) is 4.31 Å². The summed E-state index contributed by atoms with van der Waals surface area (Å²) in [4.78, 5) is 26.8. The Morgan fingerprint density at radius 3 is 2.25 bits per heavy atom. The monoisotopic (exact) mass is 741 g/mol. The quantitative estimate of drug-likeness (QED) is 0.164. The Morgan fingerprint density at radius 1 is 0.885 bits per heavy atom. The van der Waals surface area contributed by atoms with E-state index in [1.54, 1.807) is 31.2 Å². The van der Waals surface area contributed by atoms with E-state index in [2.05, 4.69) is 10.6 Å². The molecule has 0 radical (unpaired) electrons. The molecule has 0 aromatic heterocycles. The molecule has 0 spiro atoms. The van der Waals surface area contributed by atoms with Gasteiger partial charge in [-0.15, -0.1) is 0 Å². The number of sulfonamides is 1. The summed E-state index contributed by atoms with van der Waals surface area (Å²) in [5.74, 6) is -4.78. The molecule has 0 unspecified atom stereocenters. The van der Waals surface area contributed by atoms with E-state index < -0.39 is 75.6 Å². The number of ketones is 1. The molecule has 4 aromatic carbocycles. The Balaban J connectivity index is 1.47. The highest BCUT2D eigenvalue weighted by Gasteiger charge is 2.39. The third-order valence-corrected chi connectivity index (χ3v) is 11.3. The lowest BCUT2D eigenvalue weighted by molar-refractivity contribution is -0.120. The van der Waals surface area contributed by atoms with Gasteiger partial charge in [0.2, 0.25) is 10.0 Å². The molecule has 0 bridgehead atoms. The van der Waals surface area contributed by atoms with Crippen LogP contribution in [0, 0.1) is 23.3 Å². The number of carbonyl (C=O) groups is 2. The highest BCUT2D eigenvalue weighted by molar-refractivity contribution is 7.89. The second-order valence-electron chi connectivity index (χ2n) is 12.6. The molecule has 1 aliphatic rings. The summed E-state index contributed by atoms with van der Waals surface area (Å²) in [5.41, 5.74) is 0.668. The summed E-state index contributed by atoms with van der Waals surface area (Å²) in [6, 6.07) is 15.5. The third-order valence-electron chi connectivity index (χ3n) is 9.16. The van der Waals surface area contributed by atoms with Gasteiger partial charge in [-0.25, -0.2) is 30.8 Å². The normalized spacial score (nSPS) is 17.6. The first-order chi connectivity index (χ1) is 24.8. The number of para-hydroxylation sites is 1. The van der Waals surface area contributed by atoms with Crippen LogP contribution >= 0.6 is 0 Å². The van der Waals surface area contributed by atoms with Crippen LogP contribution in [0.1, 0.15) is 41.5 Å². The number of hydrogen-bond acceptors (Lipinski definition) is 7. The average Bonchev–Trinajstić information content (AvgIpc) is 3.11. The summed E-state index contributed by atoms with van der Waals surface area (Å²) >= 11 is 0. The number of nitrogens with zero attached hydrogens (tertiary/aromatic N) is 1. The van der Waals surface area contributed by atoms with E-state index in [1.807, 2.05) is 0 Å². The first-order valence-electron chi connectivity index (χ1n) is 16.6. The van der Waals surface area contributed by atoms with Crippen LogP contribution in [-0.2, 0) is 32.4 Å². The fourth-order valence-corrected chi connectivity index (χ4v) is 8.81. The van der Waals surface area contributed by atoms with Crippen molar-refractivity contribution in [1.29, 1.82) is 0 Å². The third kappa shape index (κ3) is 8.63. The van der Waals surface area contributed by atoms with Gasteiger partial charge in [0.25, 0.3) is 0 Å². The van der Waals surface area contributed by atoms with Crippen LogP contribution in [0.15, 0.2) is 89.8 Å². The number of alkyl carbamates (subject to hydrolysis) is 1. The number of amides is 1. The van der Waals surface area contributed by atoms with E-state index in [-0.39, 0.29) is 52.3 Å². The second kappa shape index (κ2) is 16.7. The van der Waals surface area contributed by atoms with Gasteiger partial charge in [0.1, 0.15) is 40.0 Å². The van der Waals surface area contributed by atoms with Crippen molar-refractivity contribution >= 4 is 21.9 Å². The highest BCUT2D eigenvalue weighted by atomic mass is 32.2. The van der Waals surface area contributed by atoms with Gasteiger partial charge in [0, 0.05) is 43.6 Å². The largest absolute Gasteiger partial charge is 0.495 e. The van der Waals surface area contributed by atoms with Crippen LogP contribution in [0.3, 0.4) is 0 Å². The Bertz CT molecular complexity index is 1990. The van der Waals surface area contributed by atoms with Crippen molar-refractivity contribution in [3.05, 3.63) is 130 Å². The van der Waals surface area contributed by atoms with Crippen LogP contribution < -0.4 is 15.4 Å². The zero-order chi connectivity index (χ0) is 37.6. The van der Waals surface area contributed by atoms with Crippen molar-refractivity contribution < 1.29 is 45.0 Å². The standard InChI is InChI=1S/C38H39F4N3O6S/c1-23-21-43-22-30(45(23)52(48,49)35-10-5-4-9-34(35)50-2)15-16-31-25(7-6-8-32(31)42)19-33(46)37(44-38(47)51-3)36(24-11-13-27(39)14-12-24)26-17-28(40)20-29(41)18-26/h4-14,17-18,20,23,30,36-37,43H,15-16,19,21-22H2,1-3H3,(H,44,47)/t23-,30-,36-,37+/m0/s1. The first kappa shape index (κ1) is 38.4. The Hall–Kier alpha value is -4.79. The lowest BCUT2D eigenvalue weighted by Crippen LogP contribution is -2.58. The molecule has 5 rings (SSSR count). The minimum Gasteiger partial charge on any atom is -0.495 e. The van der Waals surface area contributed by atoms with Crippen molar-refractivity contribution in [3.8, 4) is 5.75 Å². The molecule has 1 fully saturated rings. The van der Waals surface area contributed by atoms with E-state index in [0.29, 0.717) is 12.6 Å². The predicted molar refractivity (Wildman–Crippen MR) is 186 cm³/mol. The number of carbonyl (C=O) groups excluding carboxylic acids is 2. The molecule has 0 saturated carbocycles. The van der Waals surface area contributed by atoms with Gasteiger partial charge in [0.15, 0.2) is 5.78 Å². The maximum atomic E-state index is 15.6. The number of methoxy groups -OCH3 is 2. The van der Waals surface area contributed by atoms with Crippen LogP contribution in [0.25, 0.3) is 0 Å². The lowest BCUT2D eigenvalue weighted by Gasteiger charge is -2.40. The van der Waals surface area contributed by atoms with Crippen molar-refractivity contribution in [2.24, 2.45) is 0 Å². The summed E-state index contributed by atoms with van der Waals surface area (Å²) in [5, 5.41) is 5.72. The number of piperazine rings is 1. The highest BCUT2D eigenvalue weighted by Crippen LogP contribution is 2.33. The molecular weight excluding hydrogens is 702 g/mol. The summed E-state index contributed by atoms with van der Waals surface area (Å²) in [6.07, 6.45) is -1.23. The summed E-state index contributed by atoms with van der Waals surface area (Å²) in [6.45, 7) is 2.45. The number of Topliss-reactive ketones (excluding diaryl/α,β-unsaturated/α-hetero) is 1. The van der Waals surface area contributed by atoms with E-state index in [0.717, 1.165) is 31.4 Å². The van der Waals surface area contributed by atoms with Crippen molar-refractivity contribution in [2.75, 3.05) is 27.3 Å². The Labute approximate surface area is 300 Å². The van der Waals surface area contributed by atoms with Crippen molar-refractivity contribution in [3.63, 3.8) is 0 Å². The van der Waals surface area contributed by atoms with Crippen LogP contribution in [-0.4, -0.2) is 70.0 Å². The van der Waals surface area contributed by atoms with E-state index in [4.69, 9.17) is 9.47 Å². The maximum absolute atomic E-state index is 15.6. The zero-order valence-corrected chi connectivity index (χ0v) is 29.6. The van der Waals surface area contributed by atoms with E-state index in [9.17, 15) is 31.2 Å². The molecule has 14 heteroatoms. The summed E-state index contributed by atoms with van der Waals surface area (Å²) in [7, 11) is -1.59. The molecule has 1 saturated heterocycles. The summed E-state index contributed by atoms with van der Waals surface area (Å²) < 4.78 is 98.2. The number of hydrogen-bond donors (Lipinski definition) is 2. The molecule has 52 heavy (non-hydrogen) atoms. The molecule has 1 heterocycles.